The van der Waals surface area contributed by atoms with E-state index in [-0.39, 0.29) is 0 Å². The van der Waals surface area contributed by atoms with Crippen LogP contribution in [0.4, 0.5) is 23.2 Å². The normalized spacial score (nSPS) is 12.5. The zero-order valence-corrected chi connectivity index (χ0v) is 15.9. The van der Waals surface area contributed by atoms with Crippen LogP contribution in [0.25, 0.3) is 0 Å². The van der Waals surface area contributed by atoms with E-state index in [9.17, 15) is 17.6 Å². The van der Waals surface area contributed by atoms with E-state index in [0.29, 0.717) is 17.8 Å². The summed E-state index contributed by atoms with van der Waals surface area (Å²) in [7, 11) is 0. The maximum absolute atomic E-state index is 13.4. The second-order valence-electron chi connectivity index (χ2n) is 4.81. The van der Waals surface area contributed by atoms with E-state index in [4.69, 9.17) is 0 Å². The van der Waals surface area contributed by atoms with Crippen LogP contribution in [0.5, 0.6) is 0 Å². The Balaban J connectivity index is 3.05. The summed E-state index contributed by atoms with van der Waals surface area (Å²) >= 11 is 2.16. The SMILES string of the molecule is CCCCN(CC(F)(F)I)c1ccccc1CC(F)(F)I. The molecule has 120 valence electrons. The monoisotopic (exact) mass is 529 g/mol. The Morgan fingerprint density at radius 3 is 2.19 bits per heavy atom. The summed E-state index contributed by atoms with van der Waals surface area (Å²) in [6.07, 6.45) is 1.13. The van der Waals surface area contributed by atoms with Gasteiger partial charge in [-0.1, -0.05) is 31.5 Å². The molecule has 0 aliphatic carbocycles. The van der Waals surface area contributed by atoms with Crippen LogP contribution in [0.2, 0.25) is 0 Å². The standard InChI is InChI=1S/C14H17F4I2N/c1-2-3-8-21(10-14(17,18)20)12-7-5-4-6-11(12)9-13(15,16)19/h4-7H,2-3,8-10H2,1H3. The highest BCUT2D eigenvalue weighted by Gasteiger charge is 2.30. The van der Waals surface area contributed by atoms with Gasteiger partial charge in [-0.05, 0) is 40.6 Å². The highest BCUT2D eigenvalue weighted by molar-refractivity contribution is 14.1. The molecular weight excluding hydrogens is 512 g/mol. The lowest BCUT2D eigenvalue weighted by Crippen LogP contribution is -2.35. The van der Waals surface area contributed by atoms with Crippen molar-refractivity contribution in [1.82, 2.24) is 0 Å². The zero-order valence-electron chi connectivity index (χ0n) is 11.6. The number of nitrogens with zero attached hydrogens (tertiary/aromatic N) is 1. The molecule has 21 heavy (non-hydrogen) atoms. The fraction of sp³-hybridized carbons (Fsp3) is 0.571. The summed E-state index contributed by atoms with van der Waals surface area (Å²) in [6.45, 7) is 1.92. The number of hydrogen-bond donors (Lipinski definition) is 0. The highest BCUT2D eigenvalue weighted by atomic mass is 127. The van der Waals surface area contributed by atoms with Crippen LogP contribution in [0, 0.1) is 0 Å². The largest absolute Gasteiger partial charge is 0.364 e. The van der Waals surface area contributed by atoms with Crippen LogP contribution in [0.3, 0.4) is 0 Å². The maximum atomic E-state index is 13.4. The van der Waals surface area contributed by atoms with E-state index in [1.807, 2.05) is 6.92 Å². The smallest absolute Gasteiger partial charge is 0.313 e. The molecule has 0 amide bonds. The molecule has 1 aromatic carbocycles. The lowest BCUT2D eigenvalue weighted by molar-refractivity contribution is 0.127. The molecule has 0 aliphatic rings. The average molecular weight is 529 g/mol. The van der Waals surface area contributed by atoms with Crippen LogP contribution in [0.15, 0.2) is 24.3 Å². The first kappa shape index (κ1) is 19.2. The second-order valence-corrected chi connectivity index (χ2v) is 7.97. The Bertz CT molecular complexity index is 443. The Hall–Kier alpha value is 0.200. The number of unbranched alkanes of at least 4 members (excludes halogenated alkanes) is 1. The van der Waals surface area contributed by atoms with Gasteiger partial charge >= 0.3 is 7.86 Å². The topological polar surface area (TPSA) is 3.24 Å². The van der Waals surface area contributed by atoms with Crippen molar-refractivity contribution in [1.29, 1.82) is 0 Å². The van der Waals surface area contributed by atoms with E-state index in [2.05, 4.69) is 0 Å². The fourth-order valence-corrected chi connectivity index (χ4v) is 2.86. The van der Waals surface area contributed by atoms with Crippen LogP contribution in [0.1, 0.15) is 25.3 Å². The van der Waals surface area contributed by atoms with Crippen molar-refractivity contribution in [2.24, 2.45) is 0 Å². The minimum absolute atomic E-state index is 0.397. The first-order valence-corrected chi connectivity index (χ1v) is 8.74. The molecule has 0 bridgehead atoms. The van der Waals surface area contributed by atoms with Crippen LogP contribution in [-0.4, -0.2) is 20.9 Å². The Morgan fingerprint density at radius 1 is 1.05 bits per heavy atom. The number of halogens is 6. The predicted octanol–water partition coefficient (Wildman–Crippen LogP) is 5.89. The highest BCUT2D eigenvalue weighted by Crippen LogP contribution is 2.34. The Morgan fingerprint density at radius 2 is 1.67 bits per heavy atom. The second kappa shape index (κ2) is 8.16. The minimum atomic E-state index is -2.90. The molecule has 0 unspecified atom stereocenters. The van der Waals surface area contributed by atoms with E-state index < -0.39 is 20.8 Å². The number of para-hydroxylation sites is 1. The van der Waals surface area contributed by atoms with Crippen LogP contribution in [-0.2, 0) is 6.42 Å². The molecule has 0 radical (unpaired) electrons. The van der Waals surface area contributed by atoms with Crippen molar-refractivity contribution in [3.05, 3.63) is 29.8 Å². The molecule has 0 saturated carbocycles. The summed E-state index contributed by atoms with van der Waals surface area (Å²) in [5, 5.41) is 0. The predicted molar refractivity (Wildman–Crippen MR) is 95.2 cm³/mol. The van der Waals surface area contributed by atoms with Crippen LogP contribution < -0.4 is 4.90 Å². The number of alkyl halides is 6. The molecule has 1 aromatic rings. The average Bonchev–Trinajstić information content (AvgIpc) is 2.32. The Kier molecular flexibility index (Phi) is 7.48. The van der Waals surface area contributed by atoms with Gasteiger partial charge in [-0.15, -0.1) is 0 Å². The van der Waals surface area contributed by atoms with E-state index in [1.165, 1.54) is 4.90 Å². The zero-order chi connectivity index (χ0) is 16.1. The third-order valence-electron chi connectivity index (χ3n) is 2.87. The molecule has 1 rings (SSSR count). The summed E-state index contributed by atoms with van der Waals surface area (Å²) < 4.78 is 47.4. The number of benzene rings is 1. The van der Waals surface area contributed by atoms with Gasteiger partial charge in [-0.25, -0.2) is 0 Å². The van der Waals surface area contributed by atoms with Crippen LogP contribution >= 0.6 is 45.2 Å². The molecule has 0 saturated heterocycles. The van der Waals surface area contributed by atoms with Crippen molar-refractivity contribution in [2.75, 3.05) is 18.0 Å². The molecule has 0 atom stereocenters. The van der Waals surface area contributed by atoms with E-state index in [1.54, 1.807) is 24.3 Å². The van der Waals surface area contributed by atoms with Gasteiger partial charge in [-0.2, -0.15) is 17.6 Å². The van der Waals surface area contributed by atoms with Gasteiger partial charge in [0.25, 0.3) is 0 Å². The molecule has 0 N–H and O–H groups in total. The number of hydrogen-bond acceptors (Lipinski definition) is 1. The van der Waals surface area contributed by atoms with Crippen molar-refractivity contribution in [3.63, 3.8) is 0 Å². The van der Waals surface area contributed by atoms with Gasteiger partial charge < -0.3 is 4.90 Å². The quantitative estimate of drug-likeness (QED) is 0.231. The van der Waals surface area contributed by atoms with Crippen molar-refractivity contribution >= 4 is 50.9 Å². The van der Waals surface area contributed by atoms with Gasteiger partial charge in [-0.3, -0.25) is 0 Å². The number of anilines is 1. The third-order valence-corrected chi connectivity index (χ3v) is 3.60. The van der Waals surface area contributed by atoms with Gasteiger partial charge in [0, 0.05) is 41.2 Å². The van der Waals surface area contributed by atoms with Crippen molar-refractivity contribution in [2.45, 2.75) is 34.0 Å². The first-order chi connectivity index (χ1) is 9.62. The summed E-state index contributed by atoms with van der Waals surface area (Å²) in [5.41, 5.74) is 0.868. The molecule has 0 aliphatic heterocycles. The summed E-state index contributed by atoms with van der Waals surface area (Å²) in [6, 6.07) is 6.55. The molecule has 0 fully saturated rings. The molecule has 0 aromatic heterocycles. The summed E-state index contributed by atoms with van der Waals surface area (Å²) in [4.78, 5) is 1.51. The maximum Gasteiger partial charge on any atom is 0.313 e. The van der Waals surface area contributed by atoms with Gasteiger partial charge in [0.05, 0.1) is 6.54 Å². The summed E-state index contributed by atoms with van der Waals surface area (Å²) in [5.74, 6) is 0. The molecule has 0 spiro atoms. The van der Waals surface area contributed by atoms with Gasteiger partial charge in [0.1, 0.15) is 0 Å². The lowest BCUT2D eigenvalue weighted by atomic mass is 10.1. The first-order valence-electron chi connectivity index (χ1n) is 6.59. The molecule has 0 heterocycles. The van der Waals surface area contributed by atoms with Crippen molar-refractivity contribution < 1.29 is 17.6 Å². The van der Waals surface area contributed by atoms with E-state index in [0.717, 1.165) is 58.0 Å². The van der Waals surface area contributed by atoms with Crippen molar-refractivity contribution in [3.8, 4) is 0 Å². The molecule has 1 nitrogen and oxygen atoms in total. The molecule has 7 heteroatoms. The minimum Gasteiger partial charge on any atom is -0.364 e. The third kappa shape index (κ3) is 7.85. The fourth-order valence-electron chi connectivity index (χ4n) is 2.03. The van der Waals surface area contributed by atoms with Gasteiger partial charge in [0.15, 0.2) is 0 Å². The van der Waals surface area contributed by atoms with Gasteiger partial charge in [0.2, 0.25) is 0 Å². The van der Waals surface area contributed by atoms with E-state index >= 15 is 0 Å². The molecular formula is C14H17F4I2N. The lowest BCUT2D eigenvalue weighted by Gasteiger charge is -2.29. The Labute approximate surface area is 149 Å². The number of rotatable bonds is 8.